The number of nitrogens with zero attached hydrogens (tertiary/aromatic N) is 2. The van der Waals surface area contributed by atoms with Crippen molar-refractivity contribution >= 4 is 37.5 Å². The molecule has 20 heavy (non-hydrogen) atoms. The van der Waals surface area contributed by atoms with Crippen molar-refractivity contribution in [3.63, 3.8) is 0 Å². The summed E-state index contributed by atoms with van der Waals surface area (Å²) >= 11 is 3.35. The first-order chi connectivity index (χ1) is 9.41. The molecule has 0 spiro atoms. The summed E-state index contributed by atoms with van der Waals surface area (Å²) in [4.78, 5) is 4.37. The number of nitrogens with one attached hydrogen (secondary N) is 1. The lowest BCUT2D eigenvalue weighted by molar-refractivity contribution is 0.521. The summed E-state index contributed by atoms with van der Waals surface area (Å²) < 4.78 is 26.6. The Morgan fingerprint density at radius 3 is 2.55 bits per heavy atom. The van der Waals surface area contributed by atoms with Crippen LogP contribution < -0.4 is 5.32 Å². The highest BCUT2D eigenvalue weighted by molar-refractivity contribution is 9.10. The Hall–Kier alpha value is -1.44. The van der Waals surface area contributed by atoms with Crippen molar-refractivity contribution in [3.05, 3.63) is 47.1 Å². The third kappa shape index (κ3) is 3.17. The van der Waals surface area contributed by atoms with Crippen LogP contribution in [0.3, 0.4) is 0 Å². The summed E-state index contributed by atoms with van der Waals surface area (Å²) in [6, 6.07) is 10.3. The van der Waals surface area contributed by atoms with E-state index in [1.54, 1.807) is 42.6 Å². The molecule has 2 aromatic rings. The molecular weight excluding hydrogens is 342 g/mol. The van der Waals surface area contributed by atoms with E-state index in [0.717, 1.165) is 4.47 Å². The van der Waals surface area contributed by atoms with Crippen LogP contribution in [0.25, 0.3) is 0 Å². The number of rotatable bonds is 4. The first-order valence-electron chi connectivity index (χ1n) is 5.81. The van der Waals surface area contributed by atoms with Crippen LogP contribution in [0.4, 0.5) is 11.5 Å². The van der Waals surface area contributed by atoms with E-state index in [1.807, 2.05) is 0 Å². The Kier molecular flexibility index (Phi) is 4.42. The minimum absolute atomic E-state index is 0.215. The minimum Gasteiger partial charge on any atom is -0.339 e. The first-order valence-corrected chi connectivity index (χ1v) is 8.05. The quantitative estimate of drug-likeness (QED) is 0.915. The van der Waals surface area contributed by atoms with Crippen LogP contribution in [0, 0.1) is 0 Å². The summed E-state index contributed by atoms with van der Waals surface area (Å²) in [7, 11) is -0.500. The third-order valence-electron chi connectivity index (χ3n) is 2.63. The summed E-state index contributed by atoms with van der Waals surface area (Å²) in [6.07, 6.45) is 1.63. The summed E-state index contributed by atoms with van der Waals surface area (Å²) in [5.41, 5.74) is 0.492. The molecule has 1 heterocycles. The van der Waals surface area contributed by atoms with E-state index in [-0.39, 0.29) is 4.90 Å². The molecule has 0 aliphatic carbocycles. The van der Waals surface area contributed by atoms with Crippen LogP contribution >= 0.6 is 15.9 Å². The molecule has 0 bridgehead atoms. The number of anilines is 2. The van der Waals surface area contributed by atoms with Gasteiger partial charge in [-0.3, -0.25) is 0 Å². The van der Waals surface area contributed by atoms with E-state index < -0.39 is 10.0 Å². The van der Waals surface area contributed by atoms with Crippen LogP contribution in [-0.4, -0.2) is 31.8 Å². The van der Waals surface area contributed by atoms with Gasteiger partial charge in [-0.2, -0.15) is 0 Å². The highest BCUT2D eigenvalue weighted by Crippen LogP contribution is 2.26. The van der Waals surface area contributed by atoms with Gasteiger partial charge in [-0.1, -0.05) is 28.1 Å². The van der Waals surface area contributed by atoms with E-state index in [1.165, 1.54) is 18.4 Å². The summed E-state index contributed by atoms with van der Waals surface area (Å²) in [6.45, 7) is 0. The normalized spacial score (nSPS) is 11.6. The van der Waals surface area contributed by atoms with Gasteiger partial charge in [0.1, 0.15) is 10.7 Å². The Balaban J connectivity index is 2.44. The van der Waals surface area contributed by atoms with E-state index in [4.69, 9.17) is 0 Å². The summed E-state index contributed by atoms with van der Waals surface area (Å²) in [5.74, 6) is 0.570. The molecule has 2 rings (SSSR count). The number of benzene rings is 1. The van der Waals surface area contributed by atoms with Gasteiger partial charge in [0.15, 0.2) is 0 Å². The predicted molar refractivity (Wildman–Crippen MR) is 82.5 cm³/mol. The van der Waals surface area contributed by atoms with E-state index in [2.05, 4.69) is 26.2 Å². The van der Waals surface area contributed by atoms with Gasteiger partial charge in [-0.15, -0.1) is 0 Å². The van der Waals surface area contributed by atoms with Crippen molar-refractivity contribution in [1.82, 2.24) is 9.29 Å². The molecule has 106 valence electrons. The first kappa shape index (κ1) is 15.0. The zero-order valence-corrected chi connectivity index (χ0v) is 13.4. The molecular formula is C13H14BrN3O2S. The largest absolute Gasteiger partial charge is 0.339 e. The van der Waals surface area contributed by atoms with Gasteiger partial charge < -0.3 is 5.32 Å². The van der Waals surface area contributed by atoms with E-state index in [9.17, 15) is 8.42 Å². The Morgan fingerprint density at radius 1 is 1.20 bits per heavy atom. The van der Waals surface area contributed by atoms with Gasteiger partial charge in [-0.25, -0.2) is 17.7 Å². The van der Waals surface area contributed by atoms with E-state index >= 15 is 0 Å². The third-order valence-corrected chi connectivity index (χ3v) is 5.00. The predicted octanol–water partition coefficient (Wildman–Crippen LogP) is 2.84. The second-order valence-electron chi connectivity index (χ2n) is 4.27. The number of aromatic nitrogens is 1. The maximum Gasteiger partial charge on any atom is 0.244 e. The molecule has 0 fully saturated rings. The molecule has 0 amide bonds. The van der Waals surface area contributed by atoms with Crippen LogP contribution in [-0.2, 0) is 10.0 Å². The van der Waals surface area contributed by atoms with Gasteiger partial charge in [0.25, 0.3) is 0 Å². The van der Waals surface area contributed by atoms with Crippen molar-refractivity contribution in [2.45, 2.75) is 4.90 Å². The second-order valence-corrected chi connectivity index (χ2v) is 7.30. The summed E-state index contributed by atoms with van der Waals surface area (Å²) in [5, 5.41) is 3.03. The average molecular weight is 356 g/mol. The molecule has 0 saturated carbocycles. The highest BCUT2D eigenvalue weighted by Gasteiger charge is 2.20. The molecule has 0 radical (unpaired) electrons. The molecule has 0 unspecified atom stereocenters. The lowest BCUT2D eigenvalue weighted by Gasteiger charge is -2.15. The SMILES string of the molecule is CN(C)S(=O)(=O)c1ccccc1Nc1cc(Br)ccn1. The van der Waals surface area contributed by atoms with Crippen LogP contribution in [0.15, 0.2) is 52.0 Å². The fourth-order valence-electron chi connectivity index (χ4n) is 1.60. The monoisotopic (exact) mass is 355 g/mol. The van der Waals surface area contributed by atoms with Gasteiger partial charge in [0, 0.05) is 24.8 Å². The Labute approximate surface area is 126 Å². The lowest BCUT2D eigenvalue weighted by atomic mass is 10.3. The average Bonchev–Trinajstić information content (AvgIpc) is 2.39. The standard InChI is InChI=1S/C13H14BrN3O2S/c1-17(2)20(18,19)12-6-4-3-5-11(12)16-13-9-10(14)7-8-15-13/h3-9H,1-2H3,(H,15,16). The van der Waals surface area contributed by atoms with Crippen molar-refractivity contribution in [2.24, 2.45) is 0 Å². The van der Waals surface area contributed by atoms with Crippen LogP contribution in [0.2, 0.25) is 0 Å². The van der Waals surface area contributed by atoms with Crippen LogP contribution in [0.5, 0.6) is 0 Å². The Morgan fingerprint density at radius 2 is 1.90 bits per heavy atom. The molecule has 1 aromatic carbocycles. The molecule has 5 nitrogen and oxygen atoms in total. The number of hydrogen-bond acceptors (Lipinski definition) is 4. The molecule has 1 N–H and O–H groups in total. The molecule has 0 aliphatic heterocycles. The smallest absolute Gasteiger partial charge is 0.244 e. The van der Waals surface area contributed by atoms with Crippen molar-refractivity contribution in [3.8, 4) is 0 Å². The number of halogens is 1. The number of sulfonamides is 1. The second kappa shape index (κ2) is 5.90. The maximum absolute atomic E-state index is 12.3. The molecule has 7 heteroatoms. The highest BCUT2D eigenvalue weighted by atomic mass is 79.9. The number of pyridine rings is 1. The number of hydrogen-bond donors (Lipinski definition) is 1. The van der Waals surface area contributed by atoms with Gasteiger partial charge in [-0.05, 0) is 24.3 Å². The fraction of sp³-hybridized carbons (Fsp3) is 0.154. The molecule has 1 aromatic heterocycles. The van der Waals surface area contributed by atoms with Crippen LogP contribution in [0.1, 0.15) is 0 Å². The van der Waals surface area contributed by atoms with Crippen molar-refractivity contribution in [1.29, 1.82) is 0 Å². The fourth-order valence-corrected chi connectivity index (χ4v) is 2.98. The minimum atomic E-state index is -3.51. The van der Waals surface area contributed by atoms with Gasteiger partial charge in [0.05, 0.1) is 5.69 Å². The van der Waals surface area contributed by atoms with Gasteiger partial charge in [0.2, 0.25) is 10.0 Å². The Bertz CT molecular complexity index is 717. The molecule has 0 aliphatic rings. The zero-order chi connectivity index (χ0) is 14.8. The maximum atomic E-state index is 12.3. The van der Waals surface area contributed by atoms with Crippen molar-refractivity contribution < 1.29 is 8.42 Å². The van der Waals surface area contributed by atoms with E-state index in [0.29, 0.717) is 11.5 Å². The number of para-hydroxylation sites is 1. The molecule has 0 atom stereocenters. The van der Waals surface area contributed by atoms with Crippen molar-refractivity contribution in [2.75, 3.05) is 19.4 Å². The topological polar surface area (TPSA) is 62.3 Å². The zero-order valence-electron chi connectivity index (χ0n) is 11.0. The molecule has 0 saturated heterocycles. The lowest BCUT2D eigenvalue weighted by Crippen LogP contribution is -2.23. The van der Waals surface area contributed by atoms with Gasteiger partial charge >= 0.3 is 0 Å².